The van der Waals surface area contributed by atoms with Gasteiger partial charge in [-0.05, 0) is 41.9 Å². The van der Waals surface area contributed by atoms with Gasteiger partial charge in [-0.3, -0.25) is 4.79 Å². The number of halogens is 1. The minimum absolute atomic E-state index is 0. The number of nitrogens with zero attached hydrogens (tertiary/aromatic N) is 1. The van der Waals surface area contributed by atoms with Gasteiger partial charge in [-0.1, -0.05) is 61.9 Å². The first-order valence-corrected chi connectivity index (χ1v) is 9.35. The summed E-state index contributed by atoms with van der Waals surface area (Å²) in [7, 11) is 0. The SMILES string of the molecule is CCC1CN(C(=O)CCc2ccccc2N)CCC1c1ccccc1.Cl. The fourth-order valence-corrected chi connectivity index (χ4v) is 3.97. The molecule has 3 nitrogen and oxygen atoms in total. The highest BCUT2D eigenvalue weighted by atomic mass is 35.5. The van der Waals surface area contributed by atoms with Gasteiger partial charge in [-0.2, -0.15) is 0 Å². The molecule has 0 aromatic heterocycles. The number of para-hydroxylation sites is 1. The first-order chi connectivity index (χ1) is 12.2. The van der Waals surface area contributed by atoms with Crippen LogP contribution in [0.5, 0.6) is 0 Å². The number of rotatable bonds is 5. The van der Waals surface area contributed by atoms with Crippen molar-refractivity contribution in [1.82, 2.24) is 4.90 Å². The number of likely N-dealkylation sites (tertiary alicyclic amines) is 1. The standard InChI is InChI=1S/C22H28N2O.ClH/c1-2-17-16-24(15-14-20(17)18-8-4-3-5-9-18)22(25)13-12-19-10-6-7-11-21(19)23;/h3-11,17,20H,2,12-16,23H2,1H3;1H. The Balaban J connectivity index is 0.00000243. The number of hydrogen-bond acceptors (Lipinski definition) is 2. The van der Waals surface area contributed by atoms with E-state index in [2.05, 4.69) is 42.2 Å². The number of hydrogen-bond donors (Lipinski definition) is 1. The number of aryl methyl sites for hydroxylation is 1. The van der Waals surface area contributed by atoms with Crippen LogP contribution < -0.4 is 5.73 Å². The zero-order valence-corrected chi connectivity index (χ0v) is 16.3. The highest BCUT2D eigenvalue weighted by Gasteiger charge is 2.31. The number of carbonyl (C=O) groups excluding carboxylic acids is 1. The maximum absolute atomic E-state index is 12.7. The Morgan fingerprint density at radius 2 is 1.81 bits per heavy atom. The summed E-state index contributed by atoms with van der Waals surface area (Å²) in [5.41, 5.74) is 9.26. The molecule has 26 heavy (non-hydrogen) atoms. The van der Waals surface area contributed by atoms with Gasteiger partial charge in [0, 0.05) is 25.2 Å². The second-order valence-electron chi connectivity index (χ2n) is 7.01. The van der Waals surface area contributed by atoms with Gasteiger partial charge in [0.1, 0.15) is 0 Å². The second kappa shape index (κ2) is 9.63. The highest BCUT2D eigenvalue weighted by Crippen LogP contribution is 2.35. The Morgan fingerprint density at radius 1 is 1.12 bits per heavy atom. The molecule has 2 atom stereocenters. The molecule has 1 saturated heterocycles. The van der Waals surface area contributed by atoms with Gasteiger partial charge in [-0.25, -0.2) is 0 Å². The molecular formula is C22H29ClN2O. The van der Waals surface area contributed by atoms with E-state index in [4.69, 9.17) is 5.73 Å². The summed E-state index contributed by atoms with van der Waals surface area (Å²) in [6, 6.07) is 18.6. The van der Waals surface area contributed by atoms with Crippen molar-refractivity contribution >= 4 is 24.0 Å². The predicted molar refractivity (Wildman–Crippen MR) is 111 cm³/mol. The summed E-state index contributed by atoms with van der Waals surface area (Å²) in [5.74, 6) is 1.37. The molecule has 1 aliphatic rings. The third-order valence-electron chi connectivity index (χ3n) is 5.50. The molecule has 1 heterocycles. The summed E-state index contributed by atoms with van der Waals surface area (Å²) in [4.78, 5) is 14.7. The molecule has 0 aliphatic carbocycles. The van der Waals surface area contributed by atoms with Crippen LogP contribution in [0, 0.1) is 5.92 Å². The van der Waals surface area contributed by atoms with Crippen LogP contribution in [0.4, 0.5) is 5.69 Å². The molecule has 0 bridgehead atoms. The molecular weight excluding hydrogens is 344 g/mol. The van der Waals surface area contributed by atoms with E-state index < -0.39 is 0 Å². The molecule has 4 heteroatoms. The first-order valence-electron chi connectivity index (χ1n) is 9.35. The van der Waals surface area contributed by atoms with Gasteiger partial charge in [0.25, 0.3) is 0 Å². The summed E-state index contributed by atoms with van der Waals surface area (Å²) in [6.45, 7) is 3.97. The van der Waals surface area contributed by atoms with Crippen molar-refractivity contribution in [2.45, 2.75) is 38.5 Å². The van der Waals surface area contributed by atoms with Gasteiger partial charge >= 0.3 is 0 Å². The molecule has 2 aromatic carbocycles. The van der Waals surface area contributed by atoms with Crippen molar-refractivity contribution in [2.24, 2.45) is 5.92 Å². The summed E-state index contributed by atoms with van der Waals surface area (Å²) >= 11 is 0. The first kappa shape index (κ1) is 20.3. The van der Waals surface area contributed by atoms with Crippen molar-refractivity contribution < 1.29 is 4.79 Å². The van der Waals surface area contributed by atoms with Crippen LogP contribution in [0.25, 0.3) is 0 Å². The zero-order valence-electron chi connectivity index (χ0n) is 15.4. The molecule has 2 N–H and O–H groups in total. The van der Waals surface area contributed by atoms with Crippen LogP contribution in [0.3, 0.4) is 0 Å². The molecule has 0 saturated carbocycles. The molecule has 1 amide bonds. The van der Waals surface area contributed by atoms with E-state index in [0.29, 0.717) is 18.3 Å². The monoisotopic (exact) mass is 372 g/mol. The molecule has 0 radical (unpaired) electrons. The fourth-order valence-electron chi connectivity index (χ4n) is 3.97. The molecule has 1 fully saturated rings. The number of carbonyl (C=O) groups is 1. The average molecular weight is 373 g/mol. The molecule has 0 spiro atoms. The topological polar surface area (TPSA) is 46.3 Å². The number of nitrogens with two attached hydrogens (primary N) is 1. The van der Waals surface area contributed by atoms with E-state index >= 15 is 0 Å². The van der Waals surface area contributed by atoms with Crippen LogP contribution >= 0.6 is 12.4 Å². The van der Waals surface area contributed by atoms with Crippen LogP contribution in [-0.4, -0.2) is 23.9 Å². The number of piperidine rings is 1. The Bertz CT molecular complexity index is 704. The quantitative estimate of drug-likeness (QED) is 0.775. The summed E-state index contributed by atoms with van der Waals surface area (Å²) in [5, 5.41) is 0. The smallest absolute Gasteiger partial charge is 0.222 e. The second-order valence-corrected chi connectivity index (χ2v) is 7.01. The lowest BCUT2D eigenvalue weighted by Crippen LogP contribution is -2.43. The van der Waals surface area contributed by atoms with Crippen molar-refractivity contribution in [3.8, 4) is 0 Å². The van der Waals surface area contributed by atoms with E-state index in [1.807, 2.05) is 24.3 Å². The normalized spacial score (nSPS) is 19.7. The van der Waals surface area contributed by atoms with Gasteiger partial charge in [0.2, 0.25) is 5.91 Å². The Labute approximate surface area is 163 Å². The van der Waals surface area contributed by atoms with Crippen LogP contribution in [0.1, 0.15) is 43.2 Å². The maximum atomic E-state index is 12.7. The molecule has 2 unspecified atom stereocenters. The lowest BCUT2D eigenvalue weighted by Gasteiger charge is -2.38. The number of amides is 1. The van der Waals surface area contributed by atoms with Crippen molar-refractivity contribution in [3.63, 3.8) is 0 Å². The predicted octanol–water partition coefficient (Wildman–Crippen LogP) is 4.67. The van der Waals surface area contributed by atoms with E-state index in [1.165, 1.54) is 5.56 Å². The molecule has 1 aliphatic heterocycles. The van der Waals surface area contributed by atoms with E-state index in [9.17, 15) is 4.79 Å². The number of benzene rings is 2. The lowest BCUT2D eigenvalue weighted by atomic mass is 9.79. The van der Waals surface area contributed by atoms with E-state index in [1.54, 1.807) is 0 Å². The molecule has 3 rings (SSSR count). The van der Waals surface area contributed by atoms with E-state index in [-0.39, 0.29) is 18.3 Å². The molecule has 2 aromatic rings. The van der Waals surface area contributed by atoms with Crippen LogP contribution in [0.15, 0.2) is 54.6 Å². The Kier molecular flexibility index (Phi) is 7.52. The lowest BCUT2D eigenvalue weighted by molar-refractivity contribution is -0.133. The molecule has 140 valence electrons. The van der Waals surface area contributed by atoms with Gasteiger partial charge in [0.05, 0.1) is 0 Å². The van der Waals surface area contributed by atoms with Crippen LogP contribution in [0.2, 0.25) is 0 Å². The summed E-state index contributed by atoms with van der Waals surface area (Å²) in [6.07, 6.45) is 3.43. The van der Waals surface area contributed by atoms with Gasteiger partial charge < -0.3 is 10.6 Å². The largest absolute Gasteiger partial charge is 0.399 e. The zero-order chi connectivity index (χ0) is 17.6. The number of anilines is 1. The minimum Gasteiger partial charge on any atom is -0.399 e. The van der Waals surface area contributed by atoms with Crippen molar-refractivity contribution in [2.75, 3.05) is 18.8 Å². The highest BCUT2D eigenvalue weighted by molar-refractivity contribution is 5.85. The fraction of sp³-hybridized carbons (Fsp3) is 0.409. The Morgan fingerprint density at radius 3 is 2.50 bits per heavy atom. The van der Waals surface area contributed by atoms with E-state index in [0.717, 1.165) is 43.6 Å². The third-order valence-corrected chi connectivity index (χ3v) is 5.50. The summed E-state index contributed by atoms with van der Waals surface area (Å²) < 4.78 is 0. The third kappa shape index (κ3) is 4.79. The van der Waals surface area contributed by atoms with Crippen molar-refractivity contribution in [1.29, 1.82) is 0 Å². The van der Waals surface area contributed by atoms with Crippen molar-refractivity contribution in [3.05, 3.63) is 65.7 Å². The Hall–Kier alpha value is -2.00. The van der Waals surface area contributed by atoms with Gasteiger partial charge in [0.15, 0.2) is 0 Å². The van der Waals surface area contributed by atoms with Crippen LogP contribution in [-0.2, 0) is 11.2 Å². The average Bonchev–Trinajstić information content (AvgIpc) is 2.67. The minimum atomic E-state index is 0. The number of nitrogen functional groups attached to an aromatic ring is 1. The maximum Gasteiger partial charge on any atom is 0.222 e. The van der Waals surface area contributed by atoms with Gasteiger partial charge in [-0.15, -0.1) is 12.4 Å².